The number of ether oxygens (including phenoxy) is 2. The first-order chi connectivity index (χ1) is 9.58. The summed E-state index contributed by atoms with van der Waals surface area (Å²) in [6.07, 6.45) is 3.08. The molecule has 0 atom stereocenters. The molecule has 0 spiro atoms. The number of unbranched alkanes of at least 4 members (excludes halogenated alkanes) is 1. The maximum Gasteiger partial charge on any atom is 0.342 e. The summed E-state index contributed by atoms with van der Waals surface area (Å²) in [5, 5.41) is 0. The highest BCUT2D eigenvalue weighted by molar-refractivity contribution is 5.93. The average Bonchev–Trinajstić information content (AvgIpc) is 2.46. The molecule has 0 aliphatic carbocycles. The molecular formula is C16H18O4. The summed E-state index contributed by atoms with van der Waals surface area (Å²) in [7, 11) is 0. The van der Waals surface area contributed by atoms with Gasteiger partial charge < -0.3 is 9.47 Å². The Morgan fingerprint density at radius 1 is 1.35 bits per heavy atom. The Bertz CT molecular complexity index is 517. The maximum absolute atomic E-state index is 11.8. The molecule has 0 radical (unpaired) electrons. The Morgan fingerprint density at radius 3 is 2.75 bits per heavy atom. The molecule has 0 fully saturated rings. The Balaban J connectivity index is 2.70. The van der Waals surface area contributed by atoms with E-state index in [1.807, 2.05) is 6.92 Å². The monoisotopic (exact) mass is 274 g/mol. The first-order valence-electron chi connectivity index (χ1n) is 6.39. The highest BCUT2D eigenvalue weighted by atomic mass is 16.5. The van der Waals surface area contributed by atoms with Crippen LogP contribution in [0.3, 0.4) is 0 Å². The predicted molar refractivity (Wildman–Crippen MR) is 76.6 cm³/mol. The van der Waals surface area contributed by atoms with Crippen LogP contribution < -0.4 is 4.74 Å². The van der Waals surface area contributed by atoms with Gasteiger partial charge in [-0.15, -0.1) is 0 Å². The molecule has 0 bridgehead atoms. The molecule has 0 aliphatic heterocycles. The number of carbonyl (C=O) groups excluding carboxylic acids is 2. The van der Waals surface area contributed by atoms with Crippen LogP contribution in [0, 0.1) is 0 Å². The summed E-state index contributed by atoms with van der Waals surface area (Å²) in [5.74, 6) is -0.765. The molecule has 0 heterocycles. The molecule has 20 heavy (non-hydrogen) atoms. The SMILES string of the molecule is C=CC(=C)C(=O)Oc1cccc(C(=O)OCCCC)c1. The number of hydrogen-bond donors (Lipinski definition) is 0. The first kappa shape index (κ1) is 15.7. The lowest BCUT2D eigenvalue weighted by atomic mass is 10.2. The van der Waals surface area contributed by atoms with E-state index in [-0.39, 0.29) is 11.3 Å². The second-order valence-corrected chi connectivity index (χ2v) is 4.14. The normalized spacial score (nSPS) is 9.65. The molecule has 0 amide bonds. The van der Waals surface area contributed by atoms with Crippen LogP contribution in [0.4, 0.5) is 0 Å². The molecule has 0 unspecified atom stereocenters. The second kappa shape index (κ2) is 7.94. The minimum absolute atomic E-state index is 0.154. The van der Waals surface area contributed by atoms with Crippen LogP contribution in [-0.2, 0) is 9.53 Å². The van der Waals surface area contributed by atoms with E-state index in [9.17, 15) is 9.59 Å². The van der Waals surface area contributed by atoms with Gasteiger partial charge in [0.1, 0.15) is 5.75 Å². The molecular weight excluding hydrogens is 256 g/mol. The van der Waals surface area contributed by atoms with Gasteiger partial charge >= 0.3 is 11.9 Å². The van der Waals surface area contributed by atoms with Gasteiger partial charge in [0.05, 0.1) is 17.7 Å². The van der Waals surface area contributed by atoms with E-state index >= 15 is 0 Å². The molecule has 1 aromatic rings. The largest absolute Gasteiger partial charge is 0.462 e. The Kier molecular flexibility index (Phi) is 6.23. The molecule has 106 valence electrons. The summed E-state index contributed by atoms with van der Waals surface area (Å²) in [6, 6.07) is 6.27. The van der Waals surface area contributed by atoms with Crippen molar-refractivity contribution in [1.82, 2.24) is 0 Å². The van der Waals surface area contributed by atoms with Gasteiger partial charge in [-0.3, -0.25) is 0 Å². The van der Waals surface area contributed by atoms with Crippen LogP contribution in [0.2, 0.25) is 0 Å². The number of esters is 2. The van der Waals surface area contributed by atoms with Crippen LogP contribution in [0.5, 0.6) is 5.75 Å². The van der Waals surface area contributed by atoms with Crippen molar-refractivity contribution in [3.05, 3.63) is 54.6 Å². The summed E-state index contributed by atoms with van der Waals surface area (Å²) in [4.78, 5) is 23.3. The van der Waals surface area contributed by atoms with Crippen molar-refractivity contribution in [2.24, 2.45) is 0 Å². The summed E-state index contributed by atoms with van der Waals surface area (Å²) < 4.78 is 10.1. The van der Waals surface area contributed by atoms with E-state index in [0.29, 0.717) is 12.2 Å². The molecule has 0 aromatic heterocycles. The molecule has 1 aromatic carbocycles. The van der Waals surface area contributed by atoms with Crippen molar-refractivity contribution < 1.29 is 19.1 Å². The second-order valence-electron chi connectivity index (χ2n) is 4.14. The zero-order chi connectivity index (χ0) is 15.0. The Hall–Kier alpha value is -2.36. The van der Waals surface area contributed by atoms with Crippen LogP contribution in [0.25, 0.3) is 0 Å². The molecule has 0 aliphatic rings. The van der Waals surface area contributed by atoms with E-state index in [1.54, 1.807) is 18.2 Å². The zero-order valence-electron chi connectivity index (χ0n) is 11.6. The lowest BCUT2D eigenvalue weighted by Gasteiger charge is -2.07. The van der Waals surface area contributed by atoms with Crippen molar-refractivity contribution in [2.45, 2.75) is 19.8 Å². The zero-order valence-corrected chi connectivity index (χ0v) is 11.6. The fraction of sp³-hybridized carbons (Fsp3) is 0.250. The van der Waals surface area contributed by atoms with Gasteiger partial charge in [-0.05, 0) is 24.6 Å². The number of benzene rings is 1. The highest BCUT2D eigenvalue weighted by Crippen LogP contribution is 2.15. The molecule has 4 heteroatoms. The van der Waals surface area contributed by atoms with Crippen LogP contribution in [-0.4, -0.2) is 18.5 Å². The van der Waals surface area contributed by atoms with Crippen molar-refractivity contribution >= 4 is 11.9 Å². The Labute approximate surface area is 118 Å². The van der Waals surface area contributed by atoms with E-state index in [0.717, 1.165) is 12.8 Å². The highest BCUT2D eigenvalue weighted by Gasteiger charge is 2.11. The quantitative estimate of drug-likeness (QED) is 0.252. The third kappa shape index (κ3) is 4.72. The fourth-order valence-electron chi connectivity index (χ4n) is 1.34. The van der Waals surface area contributed by atoms with Gasteiger partial charge in [0.2, 0.25) is 0 Å². The van der Waals surface area contributed by atoms with Gasteiger partial charge in [0, 0.05) is 0 Å². The van der Waals surface area contributed by atoms with Crippen molar-refractivity contribution in [1.29, 1.82) is 0 Å². The van der Waals surface area contributed by atoms with E-state index in [1.165, 1.54) is 12.1 Å². The minimum atomic E-state index is -0.600. The lowest BCUT2D eigenvalue weighted by molar-refractivity contribution is -0.129. The molecule has 0 saturated carbocycles. The van der Waals surface area contributed by atoms with Gasteiger partial charge in [-0.2, -0.15) is 0 Å². The van der Waals surface area contributed by atoms with Crippen molar-refractivity contribution in [3.8, 4) is 5.75 Å². The molecule has 4 nitrogen and oxygen atoms in total. The summed E-state index contributed by atoms with van der Waals surface area (Å²) >= 11 is 0. The van der Waals surface area contributed by atoms with Gasteiger partial charge in [0.15, 0.2) is 0 Å². The summed E-state index contributed by atoms with van der Waals surface area (Å²) in [6.45, 7) is 9.32. The van der Waals surface area contributed by atoms with Gasteiger partial charge in [0.25, 0.3) is 0 Å². The fourth-order valence-corrected chi connectivity index (χ4v) is 1.34. The minimum Gasteiger partial charge on any atom is -0.462 e. The van der Waals surface area contributed by atoms with E-state index in [2.05, 4.69) is 13.2 Å². The molecule has 1 rings (SSSR count). The maximum atomic E-state index is 11.8. The Morgan fingerprint density at radius 2 is 2.10 bits per heavy atom. The van der Waals surface area contributed by atoms with Crippen molar-refractivity contribution in [3.63, 3.8) is 0 Å². The summed E-state index contributed by atoms with van der Waals surface area (Å²) in [5.41, 5.74) is 0.497. The standard InChI is InChI=1S/C16H18O4/c1-4-6-10-19-16(18)13-8-7-9-14(11-13)20-15(17)12(3)5-2/h5,7-9,11H,2-4,6,10H2,1H3. The van der Waals surface area contributed by atoms with Crippen LogP contribution in [0.15, 0.2) is 49.1 Å². The lowest BCUT2D eigenvalue weighted by Crippen LogP contribution is -2.10. The van der Waals surface area contributed by atoms with E-state index in [4.69, 9.17) is 9.47 Å². The van der Waals surface area contributed by atoms with E-state index < -0.39 is 11.9 Å². The molecule has 0 saturated heterocycles. The molecule has 0 N–H and O–H groups in total. The van der Waals surface area contributed by atoms with Crippen molar-refractivity contribution in [2.75, 3.05) is 6.61 Å². The van der Waals surface area contributed by atoms with Crippen LogP contribution >= 0.6 is 0 Å². The van der Waals surface area contributed by atoms with Crippen LogP contribution in [0.1, 0.15) is 30.1 Å². The third-order valence-corrected chi connectivity index (χ3v) is 2.52. The number of carbonyl (C=O) groups is 2. The smallest absolute Gasteiger partial charge is 0.342 e. The average molecular weight is 274 g/mol. The number of hydrogen-bond acceptors (Lipinski definition) is 4. The van der Waals surface area contributed by atoms with Gasteiger partial charge in [-0.25, -0.2) is 9.59 Å². The predicted octanol–water partition coefficient (Wildman–Crippen LogP) is 3.29. The number of rotatable bonds is 7. The van der Waals surface area contributed by atoms with Gasteiger partial charge in [-0.1, -0.05) is 38.6 Å². The topological polar surface area (TPSA) is 52.6 Å². The first-order valence-corrected chi connectivity index (χ1v) is 6.39. The third-order valence-electron chi connectivity index (χ3n) is 2.52.